The number of nitrogens with zero attached hydrogens (tertiary/aromatic N) is 2. The van der Waals surface area contributed by atoms with Gasteiger partial charge in [-0.05, 0) is 46.1 Å². The van der Waals surface area contributed by atoms with Crippen LogP contribution in [0.15, 0.2) is 35.1 Å². The SMILES string of the molecule is Cn1cc(CCC(=O)c2ccc(Cl)c(Br)c2)cn1. The molecule has 0 N–H and O–H groups in total. The topological polar surface area (TPSA) is 34.9 Å². The zero-order valence-corrected chi connectivity index (χ0v) is 12.2. The molecule has 0 aliphatic carbocycles. The Morgan fingerprint density at radius 2 is 2.28 bits per heavy atom. The van der Waals surface area contributed by atoms with E-state index >= 15 is 0 Å². The molecule has 0 bridgehead atoms. The van der Waals surface area contributed by atoms with Crippen LogP contribution in [0.25, 0.3) is 0 Å². The number of carbonyl (C=O) groups excluding carboxylic acids is 1. The van der Waals surface area contributed by atoms with Crippen LogP contribution in [0.1, 0.15) is 22.3 Å². The number of Topliss-reactive ketones (excluding diaryl/α,β-unsaturated/α-hetero) is 1. The molecule has 0 radical (unpaired) electrons. The average Bonchev–Trinajstić information content (AvgIpc) is 2.75. The lowest BCUT2D eigenvalue weighted by atomic mass is 10.0. The van der Waals surface area contributed by atoms with Gasteiger partial charge in [-0.2, -0.15) is 5.10 Å². The van der Waals surface area contributed by atoms with Crippen LogP contribution < -0.4 is 0 Å². The minimum Gasteiger partial charge on any atom is -0.294 e. The molecule has 1 aromatic carbocycles. The molecule has 0 saturated heterocycles. The van der Waals surface area contributed by atoms with Gasteiger partial charge in [0.2, 0.25) is 0 Å². The maximum absolute atomic E-state index is 12.0. The maximum atomic E-state index is 12.0. The summed E-state index contributed by atoms with van der Waals surface area (Å²) in [7, 11) is 1.86. The summed E-state index contributed by atoms with van der Waals surface area (Å²) in [6, 6.07) is 5.23. The fourth-order valence-electron chi connectivity index (χ4n) is 1.67. The quantitative estimate of drug-likeness (QED) is 0.803. The Kier molecular flexibility index (Phi) is 4.19. The molecule has 18 heavy (non-hydrogen) atoms. The van der Waals surface area contributed by atoms with Crippen molar-refractivity contribution in [1.29, 1.82) is 0 Å². The molecular formula is C13H12BrClN2O. The Morgan fingerprint density at radius 3 is 2.89 bits per heavy atom. The number of aryl methyl sites for hydroxylation is 2. The number of benzene rings is 1. The summed E-state index contributed by atoms with van der Waals surface area (Å²) >= 11 is 9.21. The molecule has 0 saturated carbocycles. The van der Waals surface area contributed by atoms with Crippen molar-refractivity contribution in [2.75, 3.05) is 0 Å². The monoisotopic (exact) mass is 326 g/mol. The molecule has 2 rings (SSSR count). The number of aromatic nitrogens is 2. The number of rotatable bonds is 4. The summed E-state index contributed by atoms with van der Waals surface area (Å²) in [4.78, 5) is 12.0. The van der Waals surface area contributed by atoms with E-state index in [1.807, 2.05) is 13.2 Å². The average molecular weight is 328 g/mol. The van der Waals surface area contributed by atoms with Gasteiger partial charge in [0.15, 0.2) is 5.78 Å². The third-order valence-electron chi connectivity index (χ3n) is 2.64. The minimum atomic E-state index is 0.108. The molecule has 3 nitrogen and oxygen atoms in total. The Morgan fingerprint density at radius 1 is 1.50 bits per heavy atom. The molecule has 94 valence electrons. The highest BCUT2D eigenvalue weighted by atomic mass is 79.9. The summed E-state index contributed by atoms with van der Waals surface area (Å²) in [6.07, 6.45) is 4.88. The molecular weight excluding hydrogens is 316 g/mol. The Bertz CT molecular complexity index is 580. The van der Waals surface area contributed by atoms with Crippen LogP contribution in [-0.2, 0) is 13.5 Å². The number of ketones is 1. The lowest BCUT2D eigenvalue weighted by Crippen LogP contribution is -2.01. The molecule has 0 amide bonds. The molecule has 0 fully saturated rings. The van der Waals surface area contributed by atoms with Gasteiger partial charge in [-0.3, -0.25) is 9.48 Å². The molecule has 0 spiro atoms. The van der Waals surface area contributed by atoms with Gasteiger partial charge in [0, 0.05) is 29.7 Å². The van der Waals surface area contributed by atoms with Crippen molar-refractivity contribution in [3.63, 3.8) is 0 Å². The van der Waals surface area contributed by atoms with Gasteiger partial charge in [0.05, 0.1) is 11.2 Å². The van der Waals surface area contributed by atoms with Gasteiger partial charge in [-0.15, -0.1) is 0 Å². The second-order valence-electron chi connectivity index (χ2n) is 4.07. The largest absolute Gasteiger partial charge is 0.294 e. The normalized spacial score (nSPS) is 10.6. The number of halogens is 2. The van der Waals surface area contributed by atoms with E-state index in [0.29, 0.717) is 23.4 Å². The lowest BCUT2D eigenvalue weighted by Gasteiger charge is -2.02. The summed E-state index contributed by atoms with van der Waals surface area (Å²) in [5.74, 6) is 0.108. The van der Waals surface area contributed by atoms with E-state index in [4.69, 9.17) is 11.6 Å². The molecule has 0 aliphatic rings. The van der Waals surface area contributed by atoms with Gasteiger partial charge in [0.25, 0.3) is 0 Å². The Hall–Kier alpha value is -1.13. The molecule has 0 unspecified atom stereocenters. The Labute approximate surface area is 119 Å². The third kappa shape index (κ3) is 3.21. The molecule has 2 aromatic rings. The van der Waals surface area contributed by atoms with E-state index in [9.17, 15) is 4.79 Å². The summed E-state index contributed by atoms with van der Waals surface area (Å²) in [6.45, 7) is 0. The number of carbonyl (C=O) groups is 1. The molecule has 0 aliphatic heterocycles. The first-order valence-corrected chi connectivity index (χ1v) is 6.69. The first-order valence-electron chi connectivity index (χ1n) is 5.52. The van der Waals surface area contributed by atoms with E-state index in [-0.39, 0.29) is 5.78 Å². The highest BCUT2D eigenvalue weighted by Crippen LogP contribution is 2.24. The van der Waals surface area contributed by atoms with E-state index in [0.717, 1.165) is 10.0 Å². The van der Waals surface area contributed by atoms with Crippen LogP contribution >= 0.6 is 27.5 Å². The second kappa shape index (κ2) is 5.67. The van der Waals surface area contributed by atoms with Gasteiger partial charge in [-0.1, -0.05) is 11.6 Å². The van der Waals surface area contributed by atoms with Crippen molar-refractivity contribution in [2.45, 2.75) is 12.8 Å². The zero-order valence-electron chi connectivity index (χ0n) is 9.86. The van der Waals surface area contributed by atoms with Crippen LogP contribution in [0, 0.1) is 0 Å². The minimum absolute atomic E-state index is 0.108. The van der Waals surface area contributed by atoms with E-state index < -0.39 is 0 Å². The number of hydrogen-bond acceptors (Lipinski definition) is 2. The molecule has 5 heteroatoms. The fourth-order valence-corrected chi connectivity index (χ4v) is 2.17. The molecule has 1 aromatic heterocycles. The van der Waals surface area contributed by atoms with E-state index in [1.165, 1.54) is 0 Å². The van der Waals surface area contributed by atoms with Gasteiger partial charge in [-0.25, -0.2) is 0 Å². The van der Waals surface area contributed by atoms with Crippen molar-refractivity contribution in [3.8, 4) is 0 Å². The highest BCUT2D eigenvalue weighted by molar-refractivity contribution is 9.10. The summed E-state index contributed by atoms with van der Waals surface area (Å²) in [5.41, 5.74) is 1.74. The predicted molar refractivity (Wildman–Crippen MR) is 75.0 cm³/mol. The summed E-state index contributed by atoms with van der Waals surface area (Å²) < 4.78 is 2.48. The van der Waals surface area contributed by atoms with Gasteiger partial charge >= 0.3 is 0 Å². The summed E-state index contributed by atoms with van der Waals surface area (Å²) in [5, 5.41) is 4.68. The second-order valence-corrected chi connectivity index (χ2v) is 5.34. The van der Waals surface area contributed by atoms with E-state index in [1.54, 1.807) is 29.1 Å². The van der Waals surface area contributed by atoms with Crippen molar-refractivity contribution < 1.29 is 4.79 Å². The van der Waals surface area contributed by atoms with Crippen molar-refractivity contribution in [1.82, 2.24) is 9.78 Å². The van der Waals surface area contributed by atoms with Gasteiger partial charge in [0.1, 0.15) is 0 Å². The van der Waals surface area contributed by atoms with Crippen LogP contribution in [0.2, 0.25) is 5.02 Å². The van der Waals surface area contributed by atoms with E-state index in [2.05, 4.69) is 21.0 Å². The zero-order chi connectivity index (χ0) is 13.1. The standard InChI is InChI=1S/C13H12BrClN2O/c1-17-8-9(7-16-17)2-5-13(18)10-3-4-12(15)11(14)6-10/h3-4,6-8H,2,5H2,1H3. The predicted octanol–water partition coefficient (Wildman–Crippen LogP) is 3.65. The number of hydrogen-bond donors (Lipinski definition) is 0. The fraction of sp³-hybridized carbons (Fsp3) is 0.231. The highest BCUT2D eigenvalue weighted by Gasteiger charge is 2.08. The smallest absolute Gasteiger partial charge is 0.163 e. The first kappa shape index (κ1) is 13.3. The third-order valence-corrected chi connectivity index (χ3v) is 3.85. The molecule has 0 atom stereocenters. The van der Waals surface area contributed by atoms with Crippen molar-refractivity contribution in [2.24, 2.45) is 7.05 Å². The molecule has 1 heterocycles. The Balaban J connectivity index is 2.01. The lowest BCUT2D eigenvalue weighted by molar-refractivity contribution is 0.0983. The van der Waals surface area contributed by atoms with Crippen LogP contribution in [-0.4, -0.2) is 15.6 Å². The van der Waals surface area contributed by atoms with Gasteiger partial charge < -0.3 is 0 Å². The van der Waals surface area contributed by atoms with Crippen LogP contribution in [0.5, 0.6) is 0 Å². The van der Waals surface area contributed by atoms with Crippen molar-refractivity contribution in [3.05, 3.63) is 51.2 Å². The van der Waals surface area contributed by atoms with Crippen LogP contribution in [0.3, 0.4) is 0 Å². The first-order chi connectivity index (χ1) is 8.56. The van der Waals surface area contributed by atoms with Crippen molar-refractivity contribution >= 4 is 33.3 Å². The van der Waals surface area contributed by atoms with Crippen LogP contribution in [0.4, 0.5) is 0 Å². The maximum Gasteiger partial charge on any atom is 0.163 e.